The molecule has 2 aromatic rings. The van der Waals surface area contributed by atoms with Crippen LogP contribution in [0.5, 0.6) is 5.75 Å². The second kappa shape index (κ2) is 5.77. The SMILES string of the molecule is CN1Cc2ccc(CN(C)C(=O)c3cncc(O)c3)cc2C1. The highest BCUT2D eigenvalue weighted by Crippen LogP contribution is 2.23. The molecular weight excluding hydrogens is 278 g/mol. The standard InChI is InChI=1S/C17H19N3O2/c1-19-10-13-4-3-12(5-15(13)11-19)9-20(2)17(22)14-6-16(21)8-18-7-14/h3-8,21H,9-11H2,1-2H3. The number of fused-ring (bicyclic) bond motifs is 1. The summed E-state index contributed by atoms with van der Waals surface area (Å²) in [6, 6.07) is 7.82. The van der Waals surface area contributed by atoms with Crippen molar-refractivity contribution < 1.29 is 9.90 Å². The largest absolute Gasteiger partial charge is 0.506 e. The van der Waals surface area contributed by atoms with Crippen LogP contribution in [0.4, 0.5) is 0 Å². The molecular formula is C17H19N3O2. The van der Waals surface area contributed by atoms with E-state index in [4.69, 9.17) is 0 Å². The molecule has 3 rings (SSSR count). The van der Waals surface area contributed by atoms with E-state index in [9.17, 15) is 9.90 Å². The lowest BCUT2D eigenvalue weighted by Gasteiger charge is -2.17. The highest BCUT2D eigenvalue weighted by Gasteiger charge is 2.17. The summed E-state index contributed by atoms with van der Waals surface area (Å²) in [6.45, 7) is 2.47. The van der Waals surface area contributed by atoms with Gasteiger partial charge >= 0.3 is 0 Å². The fourth-order valence-electron chi connectivity index (χ4n) is 2.83. The van der Waals surface area contributed by atoms with E-state index < -0.39 is 0 Å². The van der Waals surface area contributed by atoms with Crippen molar-refractivity contribution in [2.45, 2.75) is 19.6 Å². The summed E-state index contributed by atoms with van der Waals surface area (Å²) in [6.07, 6.45) is 2.78. The van der Waals surface area contributed by atoms with Gasteiger partial charge in [-0.3, -0.25) is 14.7 Å². The Kier molecular flexibility index (Phi) is 3.81. The van der Waals surface area contributed by atoms with Crippen LogP contribution in [0.2, 0.25) is 0 Å². The van der Waals surface area contributed by atoms with E-state index >= 15 is 0 Å². The quantitative estimate of drug-likeness (QED) is 0.941. The fraction of sp³-hybridized carbons (Fsp3) is 0.294. The van der Waals surface area contributed by atoms with Crippen LogP contribution in [-0.4, -0.2) is 39.9 Å². The lowest BCUT2D eigenvalue weighted by Crippen LogP contribution is -2.26. The lowest BCUT2D eigenvalue weighted by atomic mass is 10.1. The predicted molar refractivity (Wildman–Crippen MR) is 83.3 cm³/mol. The lowest BCUT2D eigenvalue weighted by molar-refractivity contribution is 0.0784. The number of hydrogen-bond donors (Lipinski definition) is 1. The zero-order valence-corrected chi connectivity index (χ0v) is 12.8. The summed E-state index contributed by atoms with van der Waals surface area (Å²) >= 11 is 0. The van der Waals surface area contributed by atoms with Crippen molar-refractivity contribution in [1.29, 1.82) is 0 Å². The number of benzene rings is 1. The molecule has 0 saturated carbocycles. The first-order valence-electron chi connectivity index (χ1n) is 7.21. The van der Waals surface area contributed by atoms with Gasteiger partial charge in [-0.25, -0.2) is 0 Å². The molecule has 1 aromatic carbocycles. The number of aromatic hydroxyl groups is 1. The maximum atomic E-state index is 12.4. The first-order chi connectivity index (χ1) is 10.5. The van der Waals surface area contributed by atoms with Crippen molar-refractivity contribution in [3.8, 4) is 5.75 Å². The van der Waals surface area contributed by atoms with Crippen molar-refractivity contribution in [3.63, 3.8) is 0 Å². The van der Waals surface area contributed by atoms with Crippen LogP contribution in [0.15, 0.2) is 36.7 Å². The molecule has 0 spiro atoms. The van der Waals surface area contributed by atoms with E-state index in [1.165, 1.54) is 29.6 Å². The maximum Gasteiger partial charge on any atom is 0.255 e. The number of carbonyl (C=O) groups is 1. The molecule has 0 atom stereocenters. The molecule has 5 heteroatoms. The van der Waals surface area contributed by atoms with E-state index in [0.717, 1.165) is 18.7 Å². The molecule has 114 valence electrons. The van der Waals surface area contributed by atoms with Crippen LogP contribution >= 0.6 is 0 Å². The average Bonchev–Trinajstić information content (AvgIpc) is 2.85. The zero-order chi connectivity index (χ0) is 15.7. The second-order valence-electron chi connectivity index (χ2n) is 5.87. The van der Waals surface area contributed by atoms with Gasteiger partial charge in [-0.2, -0.15) is 0 Å². The van der Waals surface area contributed by atoms with E-state index in [1.54, 1.807) is 11.9 Å². The third-order valence-corrected chi connectivity index (χ3v) is 3.89. The van der Waals surface area contributed by atoms with Crippen molar-refractivity contribution in [3.05, 3.63) is 58.9 Å². The first kappa shape index (κ1) is 14.5. The van der Waals surface area contributed by atoms with Gasteiger partial charge in [0.25, 0.3) is 5.91 Å². The van der Waals surface area contributed by atoms with Gasteiger partial charge in [-0.05, 0) is 29.8 Å². The van der Waals surface area contributed by atoms with Gasteiger partial charge in [-0.15, -0.1) is 0 Å². The van der Waals surface area contributed by atoms with Gasteiger partial charge in [0.1, 0.15) is 5.75 Å². The van der Waals surface area contributed by atoms with Crippen molar-refractivity contribution in [1.82, 2.24) is 14.8 Å². The predicted octanol–water partition coefficient (Wildman–Crippen LogP) is 2.00. The van der Waals surface area contributed by atoms with Gasteiger partial charge in [-0.1, -0.05) is 18.2 Å². The number of pyridine rings is 1. The van der Waals surface area contributed by atoms with Crippen LogP contribution < -0.4 is 0 Å². The molecule has 22 heavy (non-hydrogen) atoms. The molecule has 1 N–H and O–H groups in total. The van der Waals surface area contributed by atoms with Crippen LogP contribution in [0.3, 0.4) is 0 Å². The van der Waals surface area contributed by atoms with Crippen molar-refractivity contribution >= 4 is 5.91 Å². The van der Waals surface area contributed by atoms with E-state index in [-0.39, 0.29) is 11.7 Å². The molecule has 0 saturated heterocycles. The maximum absolute atomic E-state index is 12.4. The van der Waals surface area contributed by atoms with Crippen molar-refractivity contribution in [2.24, 2.45) is 0 Å². The molecule has 0 bridgehead atoms. The molecule has 1 aliphatic heterocycles. The molecule has 5 nitrogen and oxygen atoms in total. The number of carbonyl (C=O) groups excluding carboxylic acids is 1. The van der Waals surface area contributed by atoms with E-state index in [2.05, 4.69) is 35.1 Å². The normalized spacial score (nSPS) is 13.9. The average molecular weight is 297 g/mol. The van der Waals surface area contributed by atoms with Crippen LogP contribution in [0.1, 0.15) is 27.0 Å². The van der Waals surface area contributed by atoms with E-state index in [1.807, 2.05) is 0 Å². The third kappa shape index (κ3) is 2.94. The van der Waals surface area contributed by atoms with Gasteiger partial charge in [0.05, 0.1) is 11.8 Å². The van der Waals surface area contributed by atoms with Crippen LogP contribution in [0.25, 0.3) is 0 Å². The summed E-state index contributed by atoms with van der Waals surface area (Å²) in [4.78, 5) is 20.1. The molecule has 1 amide bonds. The van der Waals surface area contributed by atoms with Gasteiger partial charge in [0.15, 0.2) is 0 Å². The van der Waals surface area contributed by atoms with Crippen LogP contribution in [0, 0.1) is 0 Å². The molecule has 0 radical (unpaired) electrons. The summed E-state index contributed by atoms with van der Waals surface area (Å²) in [7, 11) is 3.86. The fourth-order valence-corrected chi connectivity index (χ4v) is 2.83. The molecule has 0 unspecified atom stereocenters. The van der Waals surface area contributed by atoms with Gasteiger partial charge in [0, 0.05) is 32.9 Å². The Morgan fingerprint density at radius 3 is 2.82 bits per heavy atom. The minimum Gasteiger partial charge on any atom is -0.506 e. The molecule has 0 aliphatic carbocycles. The van der Waals surface area contributed by atoms with E-state index in [0.29, 0.717) is 12.1 Å². The summed E-state index contributed by atoms with van der Waals surface area (Å²) in [5.41, 5.74) is 4.19. The third-order valence-electron chi connectivity index (χ3n) is 3.89. The van der Waals surface area contributed by atoms with Crippen LogP contribution in [-0.2, 0) is 19.6 Å². The highest BCUT2D eigenvalue weighted by atomic mass is 16.3. The molecule has 1 aliphatic rings. The Bertz CT molecular complexity index is 715. The zero-order valence-electron chi connectivity index (χ0n) is 12.8. The second-order valence-corrected chi connectivity index (χ2v) is 5.87. The molecule has 1 aromatic heterocycles. The Balaban J connectivity index is 1.73. The minimum absolute atomic E-state index is 0.000169. The van der Waals surface area contributed by atoms with Gasteiger partial charge in [0.2, 0.25) is 0 Å². The topological polar surface area (TPSA) is 56.7 Å². The summed E-state index contributed by atoms with van der Waals surface area (Å²) < 4.78 is 0. The number of aromatic nitrogens is 1. The Labute approximate surface area is 129 Å². The molecule has 2 heterocycles. The number of hydrogen-bond acceptors (Lipinski definition) is 4. The number of nitrogens with zero attached hydrogens (tertiary/aromatic N) is 3. The van der Waals surface area contributed by atoms with Crippen molar-refractivity contribution in [2.75, 3.05) is 14.1 Å². The summed E-state index contributed by atoms with van der Waals surface area (Å²) in [5, 5.41) is 9.43. The minimum atomic E-state index is -0.152. The monoisotopic (exact) mass is 297 g/mol. The Morgan fingerprint density at radius 2 is 2.05 bits per heavy atom. The number of rotatable bonds is 3. The Hall–Kier alpha value is -2.40. The molecule has 0 fully saturated rings. The smallest absolute Gasteiger partial charge is 0.255 e. The Morgan fingerprint density at radius 1 is 1.27 bits per heavy atom. The summed E-state index contributed by atoms with van der Waals surface area (Å²) in [5.74, 6) is -0.152. The number of amides is 1. The first-order valence-corrected chi connectivity index (χ1v) is 7.21. The van der Waals surface area contributed by atoms with Gasteiger partial charge < -0.3 is 10.0 Å². The highest BCUT2D eigenvalue weighted by molar-refractivity contribution is 5.94.